The molecule has 1 unspecified atom stereocenters. The number of nitrogens with zero attached hydrogens (tertiary/aromatic N) is 1. The predicted octanol–water partition coefficient (Wildman–Crippen LogP) is 2.04. The molecule has 2 aliphatic heterocycles. The lowest BCUT2D eigenvalue weighted by Crippen LogP contribution is -2.36. The number of phenols is 1. The number of aromatic hydroxyl groups is 1. The Morgan fingerprint density at radius 3 is 2.79 bits per heavy atom. The summed E-state index contributed by atoms with van der Waals surface area (Å²) in [5.74, 6) is 0.413. The van der Waals surface area contributed by atoms with Gasteiger partial charge in [-0.25, -0.2) is 0 Å². The number of phenolic OH excluding ortho intramolecular Hbond substituents is 1. The number of rotatable bonds is 2. The summed E-state index contributed by atoms with van der Waals surface area (Å²) >= 11 is 0. The summed E-state index contributed by atoms with van der Waals surface area (Å²) < 4.78 is 5.39. The first-order valence-electron chi connectivity index (χ1n) is 7.23. The molecule has 0 saturated carbocycles. The summed E-state index contributed by atoms with van der Waals surface area (Å²) in [7, 11) is 0. The molecule has 0 aromatic heterocycles. The summed E-state index contributed by atoms with van der Waals surface area (Å²) in [5, 5.41) is 13.6. The SMILES string of the molecule is Oc1ccc(N2CCOCC2)cc1C1CCCCN1. The van der Waals surface area contributed by atoms with Gasteiger partial charge in [0.25, 0.3) is 0 Å². The minimum atomic E-state index is 0.301. The lowest BCUT2D eigenvalue weighted by Gasteiger charge is -2.31. The van der Waals surface area contributed by atoms with Gasteiger partial charge >= 0.3 is 0 Å². The van der Waals surface area contributed by atoms with E-state index in [0.29, 0.717) is 11.8 Å². The van der Waals surface area contributed by atoms with Crippen LogP contribution in [-0.2, 0) is 4.74 Å². The van der Waals surface area contributed by atoms with E-state index in [1.807, 2.05) is 12.1 Å². The van der Waals surface area contributed by atoms with E-state index in [1.165, 1.54) is 18.5 Å². The van der Waals surface area contributed by atoms with E-state index in [0.717, 1.165) is 44.8 Å². The van der Waals surface area contributed by atoms with Gasteiger partial charge in [0.2, 0.25) is 0 Å². The highest BCUT2D eigenvalue weighted by Crippen LogP contribution is 2.33. The van der Waals surface area contributed by atoms with Crippen molar-refractivity contribution in [2.45, 2.75) is 25.3 Å². The summed E-state index contributed by atoms with van der Waals surface area (Å²) in [5.41, 5.74) is 2.24. The van der Waals surface area contributed by atoms with Crippen molar-refractivity contribution in [1.82, 2.24) is 5.32 Å². The number of piperidine rings is 1. The highest BCUT2D eigenvalue weighted by Gasteiger charge is 2.20. The fraction of sp³-hybridized carbons (Fsp3) is 0.600. The molecule has 1 atom stereocenters. The van der Waals surface area contributed by atoms with E-state index in [2.05, 4.69) is 16.3 Å². The van der Waals surface area contributed by atoms with Crippen LogP contribution in [0.5, 0.6) is 5.75 Å². The van der Waals surface area contributed by atoms with Crippen molar-refractivity contribution < 1.29 is 9.84 Å². The molecule has 2 saturated heterocycles. The zero-order valence-electron chi connectivity index (χ0n) is 11.3. The van der Waals surface area contributed by atoms with Crippen LogP contribution in [0.3, 0.4) is 0 Å². The first-order chi connectivity index (χ1) is 9.34. The molecule has 4 nitrogen and oxygen atoms in total. The predicted molar refractivity (Wildman–Crippen MR) is 75.7 cm³/mol. The second kappa shape index (κ2) is 5.80. The van der Waals surface area contributed by atoms with Crippen molar-refractivity contribution >= 4 is 5.69 Å². The van der Waals surface area contributed by atoms with Gasteiger partial charge in [0, 0.05) is 30.4 Å². The number of nitrogens with one attached hydrogen (secondary N) is 1. The first-order valence-corrected chi connectivity index (χ1v) is 7.23. The van der Waals surface area contributed by atoms with E-state index in [1.54, 1.807) is 0 Å². The van der Waals surface area contributed by atoms with Gasteiger partial charge in [-0.3, -0.25) is 0 Å². The third kappa shape index (κ3) is 2.85. The van der Waals surface area contributed by atoms with Gasteiger partial charge < -0.3 is 20.1 Å². The van der Waals surface area contributed by atoms with Gasteiger partial charge in [0.05, 0.1) is 13.2 Å². The van der Waals surface area contributed by atoms with Crippen molar-refractivity contribution in [1.29, 1.82) is 0 Å². The van der Waals surface area contributed by atoms with Crippen molar-refractivity contribution in [3.05, 3.63) is 23.8 Å². The molecule has 0 radical (unpaired) electrons. The zero-order chi connectivity index (χ0) is 13.1. The third-order valence-electron chi connectivity index (χ3n) is 4.07. The number of hydrogen-bond donors (Lipinski definition) is 2. The minimum absolute atomic E-state index is 0.301. The maximum absolute atomic E-state index is 10.1. The molecule has 104 valence electrons. The van der Waals surface area contributed by atoms with Crippen LogP contribution in [0.4, 0.5) is 5.69 Å². The summed E-state index contributed by atoms with van der Waals surface area (Å²) in [6, 6.07) is 6.28. The number of morpholine rings is 1. The topological polar surface area (TPSA) is 44.7 Å². The largest absolute Gasteiger partial charge is 0.508 e. The standard InChI is InChI=1S/C15H22N2O2/c18-15-5-4-12(17-7-9-19-10-8-17)11-13(15)14-3-1-2-6-16-14/h4-5,11,14,16,18H,1-3,6-10H2. The Bertz CT molecular complexity index is 424. The second-order valence-corrected chi connectivity index (χ2v) is 5.35. The molecule has 1 aromatic carbocycles. The summed E-state index contributed by atoms with van der Waals surface area (Å²) in [6.45, 7) is 4.49. The molecular weight excluding hydrogens is 240 g/mol. The Balaban J connectivity index is 1.82. The molecule has 19 heavy (non-hydrogen) atoms. The van der Waals surface area contributed by atoms with Crippen molar-refractivity contribution in [2.24, 2.45) is 0 Å². The minimum Gasteiger partial charge on any atom is -0.508 e. The smallest absolute Gasteiger partial charge is 0.120 e. The number of benzene rings is 1. The Hall–Kier alpha value is -1.26. The number of hydrogen-bond acceptors (Lipinski definition) is 4. The van der Waals surface area contributed by atoms with Crippen LogP contribution in [0.15, 0.2) is 18.2 Å². The molecular formula is C15H22N2O2. The van der Waals surface area contributed by atoms with E-state index >= 15 is 0 Å². The number of anilines is 1. The normalized spacial score (nSPS) is 24.4. The van der Waals surface area contributed by atoms with Crippen molar-refractivity contribution in [3.8, 4) is 5.75 Å². The monoisotopic (exact) mass is 262 g/mol. The average Bonchev–Trinajstić information content (AvgIpc) is 2.49. The summed E-state index contributed by atoms with van der Waals surface area (Å²) in [6.07, 6.45) is 3.58. The lowest BCUT2D eigenvalue weighted by atomic mass is 9.96. The maximum atomic E-state index is 10.1. The Morgan fingerprint density at radius 1 is 1.21 bits per heavy atom. The van der Waals surface area contributed by atoms with Crippen LogP contribution in [0.25, 0.3) is 0 Å². The van der Waals surface area contributed by atoms with E-state index in [9.17, 15) is 5.11 Å². The first kappa shape index (κ1) is 12.8. The molecule has 0 aliphatic carbocycles. The van der Waals surface area contributed by atoms with Crippen LogP contribution in [-0.4, -0.2) is 38.0 Å². The van der Waals surface area contributed by atoms with Crippen LogP contribution in [0.2, 0.25) is 0 Å². The van der Waals surface area contributed by atoms with Gasteiger partial charge in [-0.1, -0.05) is 6.42 Å². The van der Waals surface area contributed by atoms with Gasteiger partial charge in [-0.05, 0) is 37.6 Å². The van der Waals surface area contributed by atoms with E-state index in [4.69, 9.17) is 4.74 Å². The number of ether oxygens (including phenoxy) is 1. The Kier molecular flexibility index (Phi) is 3.89. The second-order valence-electron chi connectivity index (χ2n) is 5.35. The van der Waals surface area contributed by atoms with Crippen LogP contribution in [0.1, 0.15) is 30.9 Å². The third-order valence-corrected chi connectivity index (χ3v) is 4.07. The fourth-order valence-electron chi connectivity index (χ4n) is 2.96. The molecule has 2 aliphatic rings. The molecule has 0 bridgehead atoms. The quantitative estimate of drug-likeness (QED) is 0.856. The van der Waals surface area contributed by atoms with Gasteiger partial charge in [0.15, 0.2) is 0 Å². The van der Waals surface area contributed by atoms with Crippen LogP contribution < -0.4 is 10.2 Å². The van der Waals surface area contributed by atoms with Crippen LogP contribution >= 0.6 is 0 Å². The van der Waals surface area contributed by atoms with E-state index < -0.39 is 0 Å². The highest BCUT2D eigenvalue weighted by molar-refractivity contribution is 5.54. The molecule has 2 N–H and O–H groups in total. The molecule has 4 heteroatoms. The maximum Gasteiger partial charge on any atom is 0.120 e. The molecule has 1 aromatic rings. The fourth-order valence-corrected chi connectivity index (χ4v) is 2.96. The average molecular weight is 262 g/mol. The molecule has 0 spiro atoms. The zero-order valence-corrected chi connectivity index (χ0v) is 11.3. The van der Waals surface area contributed by atoms with Crippen molar-refractivity contribution in [2.75, 3.05) is 37.7 Å². The van der Waals surface area contributed by atoms with Gasteiger partial charge in [-0.2, -0.15) is 0 Å². The van der Waals surface area contributed by atoms with Crippen LogP contribution in [0, 0.1) is 0 Å². The lowest BCUT2D eigenvalue weighted by molar-refractivity contribution is 0.122. The van der Waals surface area contributed by atoms with Crippen molar-refractivity contribution in [3.63, 3.8) is 0 Å². The summed E-state index contributed by atoms with van der Waals surface area (Å²) in [4.78, 5) is 2.33. The van der Waals surface area contributed by atoms with E-state index in [-0.39, 0.29) is 0 Å². The Morgan fingerprint density at radius 2 is 2.05 bits per heavy atom. The molecule has 3 rings (SSSR count). The Labute approximate surface area is 114 Å². The molecule has 2 fully saturated rings. The molecule has 2 heterocycles. The van der Waals surface area contributed by atoms with Gasteiger partial charge in [0.1, 0.15) is 5.75 Å². The molecule has 0 amide bonds. The highest BCUT2D eigenvalue weighted by atomic mass is 16.5. The van der Waals surface area contributed by atoms with Gasteiger partial charge in [-0.15, -0.1) is 0 Å².